The van der Waals surface area contributed by atoms with Crippen LogP contribution in [-0.2, 0) is 9.59 Å². The third-order valence-corrected chi connectivity index (χ3v) is 5.34. The van der Waals surface area contributed by atoms with Crippen molar-refractivity contribution in [2.75, 3.05) is 12.4 Å². The number of Topliss-reactive ketones (excluding diaryl/α,β-unsaturated/α-hetero) is 1. The Hall–Kier alpha value is -2.35. The molecule has 1 N–H and O–H groups in total. The number of amides is 1. The Balaban J connectivity index is 2.24. The lowest BCUT2D eigenvalue weighted by Gasteiger charge is -2.24. The lowest BCUT2D eigenvalue weighted by atomic mass is 10.0. The number of carbonyl (C=O) groups is 2. The van der Waals surface area contributed by atoms with Crippen LogP contribution < -0.4 is 15.7 Å². The molecule has 8 heteroatoms. The summed E-state index contributed by atoms with van der Waals surface area (Å²) >= 11 is 1.27. The van der Waals surface area contributed by atoms with Gasteiger partial charge < -0.3 is 14.5 Å². The van der Waals surface area contributed by atoms with Crippen LogP contribution in [0.1, 0.15) is 45.4 Å². The number of hydrogen-bond donors (Lipinski definition) is 1. The summed E-state index contributed by atoms with van der Waals surface area (Å²) in [6.45, 7) is 8.91. The van der Waals surface area contributed by atoms with Gasteiger partial charge in [0.1, 0.15) is 28.7 Å². The summed E-state index contributed by atoms with van der Waals surface area (Å²) in [6, 6.07) is 2.35. The van der Waals surface area contributed by atoms with Gasteiger partial charge in [-0.25, -0.2) is 4.79 Å². The summed E-state index contributed by atoms with van der Waals surface area (Å²) in [5.74, 6) is 0.598. The first-order valence-corrected chi connectivity index (χ1v) is 9.71. The summed E-state index contributed by atoms with van der Waals surface area (Å²) in [5.41, 5.74) is -1.59. The van der Waals surface area contributed by atoms with Crippen LogP contribution in [0.5, 0.6) is 5.75 Å². The largest absolute Gasteiger partial charge is 0.489 e. The summed E-state index contributed by atoms with van der Waals surface area (Å²) in [4.78, 5) is 40.5. The van der Waals surface area contributed by atoms with Gasteiger partial charge in [0.25, 0.3) is 0 Å². The van der Waals surface area contributed by atoms with Crippen molar-refractivity contribution in [3.8, 4) is 5.75 Å². The standard InChI is InChI=1S/C19H24N2O5S/c1-5-7-14(15-9-13(25-8-6-2)10-16(23)26-15)20-18(24)19(4)11-27-17(21-19)12(3)22/h6,9-10,14H,2,5,7-8,11H2,1,3-4H3,(H,20,24)/t14-,19-/m1/s1. The predicted molar refractivity (Wildman–Crippen MR) is 105 cm³/mol. The molecule has 1 aliphatic heterocycles. The first kappa shape index (κ1) is 21.0. The average molecular weight is 392 g/mol. The highest BCUT2D eigenvalue weighted by Gasteiger charge is 2.40. The van der Waals surface area contributed by atoms with Gasteiger partial charge in [-0.05, 0) is 13.3 Å². The van der Waals surface area contributed by atoms with E-state index in [1.165, 1.54) is 24.8 Å². The van der Waals surface area contributed by atoms with E-state index in [9.17, 15) is 14.4 Å². The average Bonchev–Trinajstić information content (AvgIpc) is 3.03. The number of rotatable bonds is 9. The highest BCUT2D eigenvalue weighted by molar-refractivity contribution is 8.16. The molecule has 2 heterocycles. The van der Waals surface area contributed by atoms with E-state index in [1.807, 2.05) is 6.92 Å². The van der Waals surface area contributed by atoms with Crippen molar-refractivity contribution in [3.63, 3.8) is 0 Å². The van der Waals surface area contributed by atoms with Gasteiger partial charge in [-0.15, -0.1) is 11.8 Å². The third-order valence-electron chi connectivity index (χ3n) is 3.99. The maximum absolute atomic E-state index is 12.8. The lowest BCUT2D eigenvalue weighted by Crippen LogP contribution is -2.45. The fourth-order valence-electron chi connectivity index (χ4n) is 2.57. The summed E-state index contributed by atoms with van der Waals surface area (Å²) in [5, 5.41) is 3.26. The Bertz CT molecular complexity index is 817. The van der Waals surface area contributed by atoms with E-state index in [0.717, 1.165) is 6.42 Å². The molecule has 1 aromatic rings. The molecule has 0 spiro atoms. The van der Waals surface area contributed by atoms with E-state index >= 15 is 0 Å². The van der Waals surface area contributed by atoms with Crippen molar-refractivity contribution in [1.82, 2.24) is 5.32 Å². The molecule has 1 amide bonds. The number of hydrogen-bond acceptors (Lipinski definition) is 7. The van der Waals surface area contributed by atoms with E-state index in [4.69, 9.17) is 9.15 Å². The molecule has 27 heavy (non-hydrogen) atoms. The summed E-state index contributed by atoms with van der Waals surface area (Å²) in [6.07, 6.45) is 2.91. The molecule has 0 saturated heterocycles. The normalized spacial score (nSPS) is 19.9. The molecule has 2 rings (SSSR count). The molecule has 0 fully saturated rings. The fraction of sp³-hybridized carbons (Fsp3) is 0.474. The molecule has 0 bridgehead atoms. The Morgan fingerprint density at radius 3 is 2.85 bits per heavy atom. The van der Waals surface area contributed by atoms with Crippen LogP contribution in [0.2, 0.25) is 0 Å². The number of nitrogens with zero attached hydrogens (tertiary/aromatic N) is 1. The minimum Gasteiger partial charge on any atom is -0.489 e. The van der Waals surface area contributed by atoms with Gasteiger partial charge in [0.2, 0.25) is 5.91 Å². The third kappa shape index (κ3) is 5.32. The van der Waals surface area contributed by atoms with E-state index in [1.54, 1.807) is 19.1 Å². The van der Waals surface area contributed by atoms with Crippen LogP contribution in [0, 0.1) is 0 Å². The zero-order chi connectivity index (χ0) is 20.0. The minimum atomic E-state index is -1.03. The van der Waals surface area contributed by atoms with Crippen LogP contribution in [0.3, 0.4) is 0 Å². The second kappa shape index (κ2) is 9.03. The second-order valence-electron chi connectivity index (χ2n) is 6.46. The van der Waals surface area contributed by atoms with Crippen LogP contribution in [0.25, 0.3) is 0 Å². The number of aliphatic imine (C=N–C) groups is 1. The monoisotopic (exact) mass is 392 g/mol. The minimum absolute atomic E-state index is 0.153. The second-order valence-corrected chi connectivity index (χ2v) is 7.43. The van der Waals surface area contributed by atoms with Gasteiger partial charge >= 0.3 is 5.63 Å². The van der Waals surface area contributed by atoms with Crippen molar-refractivity contribution in [3.05, 3.63) is 41.0 Å². The number of carbonyl (C=O) groups excluding carboxylic acids is 2. The number of thioether (sulfide) groups is 1. The number of nitrogens with one attached hydrogen (secondary N) is 1. The molecular weight excluding hydrogens is 368 g/mol. The van der Waals surface area contributed by atoms with Gasteiger partial charge in [-0.1, -0.05) is 26.0 Å². The molecule has 2 atom stereocenters. The first-order chi connectivity index (χ1) is 12.8. The first-order valence-electron chi connectivity index (χ1n) is 8.72. The van der Waals surface area contributed by atoms with E-state index in [-0.39, 0.29) is 18.3 Å². The van der Waals surface area contributed by atoms with Crippen molar-refractivity contribution in [1.29, 1.82) is 0 Å². The van der Waals surface area contributed by atoms with Gasteiger partial charge in [-0.2, -0.15) is 0 Å². The Kier molecular flexibility index (Phi) is 7.01. The van der Waals surface area contributed by atoms with Crippen molar-refractivity contribution < 1.29 is 18.7 Å². The molecule has 0 radical (unpaired) electrons. The zero-order valence-electron chi connectivity index (χ0n) is 15.7. The number of ether oxygens (including phenoxy) is 1. The van der Waals surface area contributed by atoms with Crippen molar-refractivity contribution >= 4 is 28.5 Å². The van der Waals surface area contributed by atoms with Gasteiger partial charge in [0.05, 0.1) is 12.1 Å². The van der Waals surface area contributed by atoms with Crippen LogP contribution in [0.4, 0.5) is 0 Å². The predicted octanol–water partition coefficient (Wildman–Crippen LogP) is 2.66. The molecule has 0 saturated carbocycles. The molecule has 0 aliphatic carbocycles. The van der Waals surface area contributed by atoms with E-state index in [2.05, 4.69) is 16.9 Å². The summed E-state index contributed by atoms with van der Waals surface area (Å²) < 4.78 is 10.7. The Labute approximate surface area is 162 Å². The number of ketones is 1. The molecule has 146 valence electrons. The van der Waals surface area contributed by atoms with Crippen molar-refractivity contribution in [2.45, 2.75) is 45.2 Å². The van der Waals surface area contributed by atoms with E-state index < -0.39 is 17.2 Å². The van der Waals surface area contributed by atoms with Gasteiger partial charge in [0, 0.05) is 18.7 Å². The van der Waals surface area contributed by atoms with Gasteiger partial charge in [-0.3, -0.25) is 14.6 Å². The Morgan fingerprint density at radius 2 is 2.26 bits per heavy atom. The lowest BCUT2D eigenvalue weighted by molar-refractivity contribution is -0.125. The SMILES string of the molecule is C=CCOc1cc([C@@H](CCC)NC(=O)[C@@]2(C)CSC(C(C)=O)=N2)oc(=O)c1. The molecule has 1 aliphatic rings. The van der Waals surface area contributed by atoms with Crippen LogP contribution in [0.15, 0.2) is 39.0 Å². The Morgan fingerprint density at radius 1 is 1.52 bits per heavy atom. The van der Waals surface area contributed by atoms with Gasteiger partial charge in [0.15, 0.2) is 5.78 Å². The highest BCUT2D eigenvalue weighted by atomic mass is 32.2. The van der Waals surface area contributed by atoms with E-state index in [0.29, 0.717) is 28.7 Å². The zero-order valence-corrected chi connectivity index (χ0v) is 16.6. The maximum atomic E-state index is 12.8. The smallest absolute Gasteiger partial charge is 0.339 e. The topological polar surface area (TPSA) is 98.0 Å². The maximum Gasteiger partial charge on any atom is 0.339 e. The van der Waals surface area contributed by atoms with Crippen LogP contribution in [-0.4, -0.2) is 34.6 Å². The highest BCUT2D eigenvalue weighted by Crippen LogP contribution is 2.30. The molecule has 1 aromatic heterocycles. The molecule has 0 aromatic carbocycles. The molecule has 7 nitrogen and oxygen atoms in total. The molecule has 0 unspecified atom stereocenters. The van der Waals surface area contributed by atoms with Crippen molar-refractivity contribution in [2.24, 2.45) is 4.99 Å². The van der Waals surface area contributed by atoms with Crippen LogP contribution >= 0.6 is 11.8 Å². The molecular formula is C19H24N2O5S. The quantitative estimate of drug-likeness (QED) is 0.649. The summed E-state index contributed by atoms with van der Waals surface area (Å²) in [7, 11) is 0. The fourth-order valence-corrected chi connectivity index (χ4v) is 3.65.